The summed E-state index contributed by atoms with van der Waals surface area (Å²) < 4.78 is 0. The normalized spacial score (nSPS) is 20.9. The number of anilines is 1. The summed E-state index contributed by atoms with van der Waals surface area (Å²) in [6.07, 6.45) is 0.108. The molecule has 0 radical (unpaired) electrons. The Balaban J connectivity index is 1.52. The Morgan fingerprint density at radius 1 is 0.750 bits per heavy atom. The fourth-order valence-electron chi connectivity index (χ4n) is 5.83. The zero-order valence-corrected chi connectivity index (χ0v) is 20.4. The van der Waals surface area contributed by atoms with E-state index in [-0.39, 0.29) is 18.2 Å². The fraction of sp³-hybridized carbons (Fsp3) is 0.161. The predicted molar refractivity (Wildman–Crippen MR) is 142 cm³/mol. The number of carbonyl (C=O) groups excluding carboxylic acids is 2. The lowest BCUT2D eigenvalue weighted by molar-refractivity contribution is -0.129. The van der Waals surface area contributed by atoms with Crippen molar-refractivity contribution < 1.29 is 9.59 Å². The van der Waals surface area contributed by atoms with Crippen molar-refractivity contribution in [3.05, 3.63) is 136 Å². The Hall–Kier alpha value is -3.89. The second kappa shape index (κ2) is 8.96. The summed E-state index contributed by atoms with van der Waals surface area (Å²) in [5.41, 5.74) is 3.60. The van der Waals surface area contributed by atoms with Crippen LogP contribution in [0.4, 0.5) is 5.69 Å². The van der Waals surface area contributed by atoms with Crippen molar-refractivity contribution >= 4 is 29.1 Å². The SMILES string of the molecule is O=C1C[C@]2(C(=O)N(Cc3ccccc3)c3ccc(Cl)cc32)[C@H](c2ccccc2)N1Cc1ccccc1. The molecule has 1 fully saturated rings. The highest BCUT2D eigenvalue weighted by Gasteiger charge is 2.63. The second-order valence-electron chi connectivity index (χ2n) is 9.51. The molecule has 2 atom stereocenters. The third kappa shape index (κ3) is 3.61. The molecular weight excluding hydrogens is 468 g/mol. The Morgan fingerprint density at radius 2 is 1.33 bits per heavy atom. The molecule has 0 aliphatic carbocycles. The zero-order chi connectivity index (χ0) is 24.7. The number of hydrogen-bond donors (Lipinski definition) is 0. The molecule has 1 saturated heterocycles. The van der Waals surface area contributed by atoms with E-state index in [9.17, 15) is 9.59 Å². The van der Waals surface area contributed by atoms with E-state index in [1.54, 1.807) is 0 Å². The number of carbonyl (C=O) groups is 2. The van der Waals surface area contributed by atoms with Crippen LogP contribution in [-0.2, 0) is 28.1 Å². The van der Waals surface area contributed by atoms with Crippen LogP contribution < -0.4 is 4.90 Å². The van der Waals surface area contributed by atoms with Crippen LogP contribution in [0.15, 0.2) is 109 Å². The van der Waals surface area contributed by atoms with E-state index in [2.05, 4.69) is 0 Å². The van der Waals surface area contributed by atoms with Crippen molar-refractivity contribution in [2.75, 3.05) is 4.90 Å². The van der Waals surface area contributed by atoms with Gasteiger partial charge in [-0.1, -0.05) is 103 Å². The highest BCUT2D eigenvalue weighted by Crippen LogP contribution is 2.58. The van der Waals surface area contributed by atoms with Crippen LogP contribution >= 0.6 is 11.6 Å². The molecule has 4 nitrogen and oxygen atoms in total. The van der Waals surface area contributed by atoms with Crippen LogP contribution in [0.25, 0.3) is 0 Å². The van der Waals surface area contributed by atoms with Gasteiger partial charge in [-0.05, 0) is 40.5 Å². The molecule has 0 saturated carbocycles. The topological polar surface area (TPSA) is 40.6 Å². The van der Waals surface area contributed by atoms with Gasteiger partial charge in [0, 0.05) is 23.7 Å². The molecule has 4 aromatic carbocycles. The van der Waals surface area contributed by atoms with Crippen LogP contribution in [0.3, 0.4) is 0 Å². The van der Waals surface area contributed by atoms with Crippen LogP contribution in [0.2, 0.25) is 5.02 Å². The van der Waals surface area contributed by atoms with E-state index >= 15 is 0 Å². The maximum absolute atomic E-state index is 14.5. The van der Waals surface area contributed by atoms with Crippen molar-refractivity contribution in [3.8, 4) is 0 Å². The molecule has 2 aliphatic heterocycles. The van der Waals surface area contributed by atoms with Gasteiger partial charge in [0.15, 0.2) is 0 Å². The van der Waals surface area contributed by atoms with Gasteiger partial charge in [-0.3, -0.25) is 9.59 Å². The third-order valence-electron chi connectivity index (χ3n) is 7.38. The minimum atomic E-state index is -1.05. The molecule has 2 heterocycles. The third-order valence-corrected chi connectivity index (χ3v) is 7.62. The first-order valence-electron chi connectivity index (χ1n) is 12.1. The Morgan fingerprint density at radius 3 is 1.97 bits per heavy atom. The average Bonchev–Trinajstić information content (AvgIpc) is 3.32. The van der Waals surface area contributed by atoms with Gasteiger partial charge in [0.25, 0.3) is 0 Å². The first-order chi connectivity index (χ1) is 17.6. The first-order valence-corrected chi connectivity index (χ1v) is 12.5. The number of hydrogen-bond acceptors (Lipinski definition) is 2. The van der Waals surface area contributed by atoms with Gasteiger partial charge < -0.3 is 9.80 Å². The molecule has 1 spiro atoms. The minimum absolute atomic E-state index is 0.0338. The number of nitrogens with zero attached hydrogens (tertiary/aromatic N) is 2. The van der Waals surface area contributed by atoms with E-state index in [1.807, 2.05) is 119 Å². The molecular formula is C31H25ClN2O2. The molecule has 0 N–H and O–H groups in total. The minimum Gasteiger partial charge on any atom is -0.330 e. The zero-order valence-electron chi connectivity index (χ0n) is 19.7. The van der Waals surface area contributed by atoms with Crippen molar-refractivity contribution in [1.82, 2.24) is 4.90 Å². The smallest absolute Gasteiger partial charge is 0.241 e. The number of halogens is 1. The molecule has 2 amide bonds. The molecule has 6 rings (SSSR count). The van der Waals surface area contributed by atoms with Crippen LogP contribution in [0.1, 0.15) is 34.7 Å². The maximum Gasteiger partial charge on any atom is 0.241 e. The van der Waals surface area contributed by atoms with Crippen molar-refractivity contribution in [3.63, 3.8) is 0 Å². The first kappa shape index (κ1) is 22.6. The van der Waals surface area contributed by atoms with Crippen molar-refractivity contribution in [2.24, 2.45) is 0 Å². The highest BCUT2D eigenvalue weighted by molar-refractivity contribution is 6.31. The Labute approximate surface area is 215 Å². The number of benzene rings is 4. The van der Waals surface area contributed by atoms with Gasteiger partial charge in [-0.15, -0.1) is 0 Å². The molecule has 2 aliphatic rings. The standard InChI is InChI=1S/C31H25ClN2O2/c32-25-16-17-27-26(18-25)31(30(36)33(27)20-22-10-4-1-5-11-22)19-28(35)34(21-23-12-6-2-7-13-23)29(31)24-14-8-3-9-15-24/h1-18,29H,19-21H2/t29-,31+/m0/s1. The van der Waals surface area contributed by atoms with Gasteiger partial charge in [0.2, 0.25) is 11.8 Å². The van der Waals surface area contributed by atoms with E-state index in [4.69, 9.17) is 11.6 Å². The summed E-state index contributed by atoms with van der Waals surface area (Å²) in [5, 5.41) is 0.559. The molecule has 0 unspecified atom stereocenters. The van der Waals surface area contributed by atoms with Crippen molar-refractivity contribution in [1.29, 1.82) is 0 Å². The highest BCUT2D eigenvalue weighted by atomic mass is 35.5. The quantitative estimate of drug-likeness (QED) is 0.328. The van der Waals surface area contributed by atoms with Gasteiger partial charge >= 0.3 is 0 Å². The van der Waals surface area contributed by atoms with E-state index in [1.165, 1.54) is 0 Å². The fourth-order valence-corrected chi connectivity index (χ4v) is 6.00. The molecule has 5 heteroatoms. The molecule has 178 valence electrons. The van der Waals surface area contributed by atoms with Gasteiger partial charge in [0.05, 0.1) is 12.6 Å². The molecule has 4 aromatic rings. The molecule has 0 aromatic heterocycles. The van der Waals surface area contributed by atoms with Crippen LogP contribution in [-0.4, -0.2) is 16.7 Å². The largest absolute Gasteiger partial charge is 0.330 e. The predicted octanol–water partition coefficient (Wildman–Crippen LogP) is 6.30. The second-order valence-corrected chi connectivity index (χ2v) is 9.94. The summed E-state index contributed by atoms with van der Waals surface area (Å²) in [7, 11) is 0. The van der Waals surface area contributed by atoms with Crippen LogP contribution in [0.5, 0.6) is 0 Å². The lowest BCUT2D eigenvalue weighted by atomic mass is 9.72. The number of rotatable bonds is 5. The van der Waals surface area contributed by atoms with E-state index in [0.717, 1.165) is 27.9 Å². The Kier molecular flexibility index (Phi) is 5.62. The summed E-state index contributed by atoms with van der Waals surface area (Å²) in [6.45, 7) is 0.868. The summed E-state index contributed by atoms with van der Waals surface area (Å²) in [6, 6.07) is 35.0. The Bertz CT molecular complexity index is 1430. The lowest BCUT2D eigenvalue weighted by Gasteiger charge is -2.35. The number of fused-ring (bicyclic) bond motifs is 2. The van der Waals surface area contributed by atoms with Gasteiger partial charge in [-0.2, -0.15) is 0 Å². The number of amides is 2. The van der Waals surface area contributed by atoms with Gasteiger partial charge in [-0.25, -0.2) is 0 Å². The van der Waals surface area contributed by atoms with Crippen LogP contribution in [0, 0.1) is 0 Å². The van der Waals surface area contributed by atoms with Crippen molar-refractivity contribution in [2.45, 2.75) is 31.0 Å². The van der Waals surface area contributed by atoms with Gasteiger partial charge in [0.1, 0.15) is 5.41 Å². The average molecular weight is 493 g/mol. The summed E-state index contributed by atoms with van der Waals surface area (Å²) in [5.74, 6) is -0.0880. The lowest BCUT2D eigenvalue weighted by Crippen LogP contribution is -2.44. The summed E-state index contributed by atoms with van der Waals surface area (Å²) >= 11 is 6.51. The van der Waals surface area contributed by atoms with E-state index in [0.29, 0.717) is 18.1 Å². The molecule has 36 heavy (non-hydrogen) atoms. The summed E-state index contributed by atoms with van der Waals surface area (Å²) in [4.78, 5) is 32.0. The monoisotopic (exact) mass is 492 g/mol. The maximum atomic E-state index is 14.5. The molecule has 0 bridgehead atoms. The number of likely N-dealkylation sites (tertiary alicyclic amines) is 1. The van der Waals surface area contributed by atoms with E-state index < -0.39 is 11.5 Å².